The largest absolute Gasteiger partial charge is 0.347 e. The van der Waals surface area contributed by atoms with E-state index >= 15 is 0 Å². The molecule has 0 aliphatic heterocycles. The first kappa shape index (κ1) is 17.1. The molecule has 2 N–H and O–H groups in total. The second-order valence-electron chi connectivity index (χ2n) is 6.09. The molecule has 3 aromatic heterocycles. The lowest BCUT2D eigenvalue weighted by atomic mass is 10.1. The average Bonchev–Trinajstić information content (AvgIpc) is 3.20. The number of fused-ring (bicyclic) bond motifs is 1. The monoisotopic (exact) mass is 357 g/mol. The smallest absolute Gasteiger partial charge is 0.263 e. The lowest BCUT2D eigenvalue weighted by molar-refractivity contribution is -0.116. The van der Waals surface area contributed by atoms with Gasteiger partial charge in [0.15, 0.2) is 5.13 Å². The molecular formula is C17H19N5O2S. The molecule has 0 aromatic carbocycles. The Morgan fingerprint density at radius 1 is 1.28 bits per heavy atom. The molecule has 0 atom stereocenters. The lowest BCUT2D eigenvalue weighted by Gasteiger charge is -2.05. The zero-order chi connectivity index (χ0) is 17.8. The number of imidazole rings is 1. The van der Waals surface area contributed by atoms with E-state index in [0.29, 0.717) is 23.0 Å². The molecule has 0 aliphatic rings. The maximum atomic E-state index is 12.2. The molecule has 0 radical (unpaired) electrons. The number of amides is 2. The maximum Gasteiger partial charge on any atom is 0.263 e. The molecule has 0 unspecified atom stereocenters. The van der Waals surface area contributed by atoms with Gasteiger partial charge in [-0.3, -0.25) is 9.59 Å². The van der Waals surface area contributed by atoms with Crippen LogP contribution in [-0.2, 0) is 11.3 Å². The summed E-state index contributed by atoms with van der Waals surface area (Å²) in [6, 6.07) is 3.82. The summed E-state index contributed by atoms with van der Waals surface area (Å²) in [7, 11) is 0. The number of carbonyl (C=O) groups is 2. The third kappa shape index (κ3) is 4.42. The molecule has 3 heterocycles. The van der Waals surface area contributed by atoms with E-state index in [-0.39, 0.29) is 17.7 Å². The van der Waals surface area contributed by atoms with E-state index in [1.54, 1.807) is 6.20 Å². The molecule has 7 nitrogen and oxygen atoms in total. The van der Waals surface area contributed by atoms with Crippen LogP contribution in [0.2, 0.25) is 0 Å². The minimum atomic E-state index is -0.215. The van der Waals surface area contributed by atoms with Gasteiger partial charge < -0.3 is 15.0 Å². The fourth-order valence-corrected chi connectivity index (χ4v) is 3.07. The van der Waals surface area contributed by atoms with Gasteiger partial charge in [-0.2, -0.15) is 0 Å². The molecule has 3 rings (SSSR count). The zero-order valence-electron chi connectivity index (χ0n) is 14.0. The highest BCUT2D eigenvalue weighted by Crippen LogP contribution is 2.19. The Morgan fingerprint density at radius 3 is 2.92 bits per heavy atom. The summed E-state index contributed by atoms with van der Waals surface area (Å²) in [5, 5.41) is 6.01. The van der Waals surface area contributed by atoms with Crippen molar-refractivity contribution in [1.29, 1.82) is 0 Å². The van der Waals surface area contributed by atoms with E-state index in [1.165, 1.54) is 17.5 Å². The Balaban J connectivity index is 1.57. The summed E-state index contributed by atoms with van der Waals surface area (Å²) >= 11 is 1.17. The Morgan fingerprint density at radius 2 is 2.12 bits per heavy atom. The lowest BCUT2D eigenvalue weighted by Crippen LogP contribution is -2.21. The van der Waals surface area contributed by atoms with Crippen molar-refractivity contribution in [2.24, 2.45) is 5.92 Å². The van der Waals surface area contributed by atoms with Gasteiger partial charge in [-0.15, -0.1) is 0 Å². The van der Waals surface area contributed by atoms with Crippen LogP contribution >= 0.6 is 11.3 Å². The van der Waals surface area contributed by atoms with Gasteiger partial charge >= 0.3 is 0 Å². The van der Waals surface area contributed by atoms with Crippen molar-refractivity contribution in [3.8, 4) is 0 Å². The van der Waals surface area contributed by atoms with E-state index in [9.17, 15) is 9.59 Å². The molecule has 8 heteroatoms. The molecule has 3 aromatic rings. The average molecular weight is 357 g/mol. The summed E-state index contributed by atoms with van der Waals surface area (Å²) < 4.78 is 1.90. The van der Waals surface area contributed by atoms with Gasteiger partial charge in [0.05, 0.1) is 6.20 Å². The summed E-state index contributed by atoms with van der Waals surface area (Å²) in [5.41, 5.74) is 1.83. The highest BCUT2D eigenvalue weighted by molar-refractivity contribution is 7.17. The first-order valence-corrected chi connectivity index (χ1v) is 8.78. The SMILES string of the molecule is CC(C)CC(=O)Nc1ncc(C(=O)NCc2ccc3nccn3c2)s1. The van der Waals surface area contributed by atoms with E-state index in [0.717, 1.165) is 11.2 Å². The molecule has 0 bridgehead atoms. The van der Waals surface area contributed by atoms with Gasteiger partial charge in [-0.25, -0.2) is 9.97 Å². The molecule has 0 fully saturated rings. The number of nitrogens with zero attached hydrogens (tertiary/aromatic N) is 3. The van der Waals surface area contributed by atoms with Crippen molar-refractivity contribution in [3.05, 3.63) is 47.4 Å². The molecule has 2 amide bonds. The number of nitrogens with one attached hydrogen (secondary N) is 2. The van der Waals surface area contributed by atoms with E-state index in [2.05, 4.69) is 20.6 Å². The van der Waals surface area contributed by atoms with Crippen LogP contribution in [0.15, 0.2) is 36.9 Å². The van der Waals surface area contributed by atoms with Crippen molar-refractivity contribution in [3.63, 3.8) is 0 Å². The normalized spacial score (nSPS) is 11.0. The third-order valence-electron chi connectivity index (χ3n) is 3.47. The quantitative estimate of drug-likeness (QED) is 0.710. The number of hydrogen-bond donors (Lipinski definition) is 2. The Hall–Kier alpha value is -2.74. The first-order chi connectivity index (χ1) is 12.0. The number of carbonyl (C=O) groups excluding carboxylic acids is 2. The van der Waals surface area contributed by atoms with Crippen LogP contribution in [0.5, 0.6) is 0 Å². The van der Waals surface area contributed by atoms with Gasteiger partial charge in [-0.05, 0) is 17.5 Å². The standard InChI is InChI=1S/C17H19N5O2S/c1-11(2)7-15(23)21-17-20-9-13(25-17)16(24)19-8-12-3-4-14-18-5-6-22(14)10-12/h3-6,9-11H,7-8H2,1-2H3,(H,19,24)(H,20,21,23). The minimum absolute atomic E-state index is 0.0926. The number of aromatic nitrogens is 3. The van der Waals surface area contributed by atoms with Crippen LogP contribution in [-0.4, -0.2) is 26.2 Å². The minimum Gasteiger partial charge on any atom is -0.347 e. The zero-order valence-corrected chi connectivity index (χ0v) is 14.8. The molecular weight excluding hydrogens is 338 g/mol. The Labute approximate surface area is 149 Å². The molecule has 0 saturated carbocycles. The van der Waals surface area contributed by atoms with Gasteiger partial charge in [0.2, 0.25) is 5.91 Å². The van der Waals surface area contributed by atoms with Crippen molar-refractivity contribution in [2.75, 3.05) is 5.32 Å². The summed E-state index contributed by atoms with van der Waals surface area (Å²) in [6.07, 6.45) is 7.41. The predicted octanol–water partition coefficient (Wildman–Crippen LogP) is 2.71. The summed E-state index contributed by atoms with van der Waals surface area (Å²) in [4.78, 5) is 32.7. The molecule has 130 valence electrons. The Kier molecular flexibility index (Phi) is 5.08. The van der Waals surface area contributed by atoms with E-state index in [4.69, 9.17) is 0 Å². The topological polar surface area (TPSA) is 88.4 Å². The number of rotatable bonds is 6. The van der Waals surface area contributed by atoms with E-state index in [1.807, 2.05) is 42.8 Å². The van der Waals surface area contributed by atoms with Crippen molar-refractivity contribution < 1.29 is 9.59 Å². The van der Waals surface area contributed by atoms with Crippen LogP contribution in [0, 0.1) is 5.92 Å². The highest BCUT2D eigenvalue weighted by atomic mass is 32.1. The molecule has 0 spiro atoms. The van der Waals surface area contributed by atoms with Gasteiger partial charge in [-0.1, -0.05) is 31.3 Å². The predicted molar refractivity (Wildman–Crippen MR) is 96.6 cm³/mol. The second kappa shape index (κ2) is 7.43. The number of hydrogen-bond acceptors (Lipinski definition) is 5. The van der Waals surface area contributed by atoms with Crippen molar-refractivity contribution in [2.45, 2.75) is 26.8 Å². The molecule has 0 saturated heterocycles. The van der Waals surface area contributed by atoms with Gasteiger partial charge in [0, 0.05) is 31.6 Å². The summed E-state index contributed by atoms with van der Waals surface area (Å²) in [6.45, 7) is 4.35. The maximum absolute atomic E-state index is 12.2. The molecule has 0 aliphatic carbocycles. The van der Waals surface area contributed by atoms with Crippen molar-refractivity contribution in [1.82, 2.24) is 19.7 Å². The van der Waals surface area contributed by atoms with Crippen LogP contribution in [0.3, 0.4) is 0 Å². The highest BCUT2D eigenvalue weighted by Gasteiger charge is 2.13. The fourth-order valence-electron chi connectivity index (χ4n) is 2.32. The fraction of sp³-hybridized carbons (Fsp3) is 0.294. The van der Waals surface area contributed by atoms with Crippen LogP contribution in [0.1, 0.15) is 35.5 Å². The Bertz CT molecular complexity index is 899. The van der Waals surface area contributed by atoms with Crippen LogP contribution in [0.4, 0.5) is 5.13 Å². The van der Waals surface area contributed by atoms with Crippen molar-refractivity contribution >= 4 is 33.9 Å². The first-order valence-electron chi connectivity index (χ1n) is 7.97. The molecule has 25 heavy (non-hydrogen) atoms. The van der Waals surface area contributed by atoms with Gasteiger partial charge in [0.1, 0.15) is 10.5 Å². The second-order valence-corrected chi connectivity index (χ2v) is 7.12. The number of thiazole rings is 1. The third-order valence-corrected chi connectivity index (χ3v) is 4.38. The number of anilines is 1. The number of pyridine rings is 1. The summed E-state index contributed by atoms with van der Waals surface area (Å²) in [5.74, 6) is -0.0342. The van der Waals surface area contributed by atoms with Crippen LogP contribution in [0.25, 0.3) is 5.65 Å². The van der Waals surface area contributed by atoms with E-state index < -0.39 is 0 Å². The van der Waals surface area contributed by atoms with Crippen LogP contribution < -0.4 is 10.6 Å². The van der Waals surface area contributed by atoms with Gasteiger partial charge in [0.25, 0.3) is 5.91 Å².